The summed E-state index contributed by atoms with van der Waals surface area (Å²) in [6.45, 7) is 0.854. The molecule has 0 aliphatic heterocycles. The smallest absolute Gasteiger partial charge is 0.256 e. The van der Waals surface area contributed by atoms with Gasteiger partial charge in [0, 0.05) is 36.4 Å². The fraction of sp³-hybridized carbons (Fsp3) is 0.176. The second-order valence-corrected chi connectivity index (χ2v) is 5.93. The van der Waals surface area contributed by atoms with Crippen LogP contribution in [0, 0.1) is 0 Å². The van der Waals surface area contributed by atoms with Crippen LogP contribution in [0.4, 0.5) is 5.69 Å². The molecule has 0 saturated heterocycles. The van der Waals surface area contributed by atoms with Crippen molar-refractivity contribution < 1.29 is 9.53 Å². The van der Waals surface area contributed by atoms with E-state index in [1.807, 2.05) is 42.1 Å². The maximum atomic E-state index is 12.2. The molecule has 6 nitrogen and oxygen atoms in total. The number of nitrogens with zero attached hydrogens (tertiary/aromatic N) is 2. The number of hydrogen-bond donors (Lipinski definition) is 2. The van der Waals surface area contributed by atoms with Gasteiger partial charge in [-0.25, -0.2) is 0 Å². The number of nitrogens with two attached hydrogens (primary N) is 1. The Morgan fingerprint density at radius 1 is 1.38 bits per heavy atom. The van der Waals surface area contributed by atoms with Crippen molar-refractivity contribution in [1.29, 1.82) is 0 Å². The first kappa shape index (κ1) is 16.2. The van der Waals surface area contributed by atoms with Crippen molar-refractivity contribution in [2.75, 3.05) is 18.5 Å². The molecule has 3 rings (SSSR count). The zero-order valence-electron chi connectivity index (χ0n) is 13.2. The quantitative estimate of drug-likeness (QED) is 0.722. The Labute approximate surface area is 143 Å². The third-order valence-corrected chi connectivity index (χ3v) is 4.18. The molecule has 0 bridgehead atoms. The average Bonchev–Trinajstić information content (AvgIpc) is 3.25. The summed E-state index contributed by atoms with van der Waals surface area (Å²) in [7, 11) is 1.86. The SMILES string of the molecule is Cn1nccc1-c1cc(NC(=O)c2ccsc2)ccc1OCCN. The third-order valence-electron chi connectivity index (χ3n) is 3.49. The highest BCUT2D eigenvalue weighted by atomic mass is 32.1. The number of anilines is 1. The molecular weight excluding hydrogens is 324 g/mol. The summed E-state index contributed by atoms with van der Waals surface area (Å²) in [6, 6.07) is 9.22. The van der Waals surface area contributed by atoms with Crippen molar-refractivity contribution in [2.45, 2.75) is 0 Å². The van der Waals surface area contributed by atoms with Gasteiger partial charge in [0.05, 0.1) is 11.3 Å². The Bertz CT molecular complexity index is 827. The molecule has 0 saturated carbocycles. The Kier molecular flexibility index (Phi) is 4.93. The largest absolute Gasteiger partial charge is 0.492 e. The lowest BCUT2D eigenvalue weighted by atomic mass is 10.1. The van der Waals surface area contributed by atoms with Gasteiger partial charge in [0.2, 0.25) is 0 Å². The number of carbonyl (C=O) groups is 1. The van der Waals surface area contributed by atoms with E-state index in [1.54, 1.807) is 16.9 Å². The van der Waals surface area contributed by atoms with Gasteiger partial charge in [-0.05, 0) is 35.7 Å². The molecule has 0 unspecified atom stereocenters. The summed E-state index contributed by atoms with van der Waals surface area (Å²) < 4.78 is 7.48. The zero-order valence-corrected chi connectivity index (χ0v) is 14.0. The molecule has 0 spiro atoms. The first-order chi connectivity index (χ1) is 11.7. The van der Waals surface area contributed by atoms with Gasteiger partial charge >= 0.3 is 0 Å². The van der Waals surface area contributed by atoms with Gasteiger partial charge in [-0.2, -0.15) is 16.4 Å². The van der Waals surface area contributed by atoms with Crippen LogP contribution in [0.5, 0.6) is 5.75 Å². The standard InChI is InChI=1S/C17H18N4O2S/c1-21-15(4-7-19-21)14-10-13(2-3-16(14)23-8-6-18)20-17(22)12-5-9-24-11-12/h2-5,7,9-11H,6,8,18H2,1H3,(H,20,22). The van der Waals surface area contributed by atoms with Crippen molar-refractivity contribution in [3.05, 3.63) is 52.9 Å². The van der Waals surface area contributed by atoms with Crippen molar-refractivity contribution >= 4 is 22.9 Å². The minimum absolute atomic E-state index is 0.136. The minimum atomic E-state index is -0.136. The van der Waals surface area contributed by atoms with E-state index in [4.69, 9.17) is 10.5 Å². The second-order valence-electron chi connectivity index (χ2n) is 5.15. The minimum Gasteiger partial charge on any atom is -0.492 e. The summed E-state index contributed by atoms with van der Waals surface area (Å²) in [5.74, 6) is 0.570. The molecule has 1 aromatic carbocycles. The van der Waals surface area contributed by atoms with Crippen molar-refractivity contribution in [1.82, 2.24) is 9.78 Å². The van der Waals surface area contributed by atoms with Crippen LogP contribution in [-0.4, -0.2) is 28.8 Å². The molecule has 0 aliphatic rings. The molecule has 0 radical (unpaired) electrons. The molecule has 2 heterocycles. The van der Waals surface area contributed by atoms with Crippen LogP contribution in [0.25, 0.3) is 11.3 Å². The van der Waals surface area contributed by atoms with Gasteiger partial charge in [-0.15, -0.1) is 0 Å². The first-order valence-corrected chi connectivity index (χ1v) is 8.42. The number of aryl methyl sites for hydroxylation is 1. The van der Waals surface area contributed by atoms with Crippen LogP contribution in [0.1, 0.15) is 10.4 Å². The molecule has 7 heteroatoms. The Hall–Kier alpha value is -2.64. The number of rotatable bonds is 6. The van der Waals surface area contributed by atoms with E-state index in [-0.39, 0.29) is 5.91 Å². The van der Waals surface area contributed by atoms with Gasteiger partial charge in [0.25, 0.3) is 5.91 Å². The predicted molar refractivity (Wildman–Crippen MR) is 95.5 cm³/mol. The fourth-order valence-corrected chi connectivity index (χ4v) is 2.97. The van der Waals surface area contributed by atoms with Crippen molar-refractivity contribution in [3.8, 4) is 17.0 Å². The predicted octanol–water partition coefficient (Wildman–Crippen LogP) is 2.74. The summed E-state index contributed by atoms with van der Waals surface area (Å²) in [4.78, 5) is 12.2. The Morgan fingerprint density at radius 3 is 2.92 bits per heavy atom. The lowest BCUT2D eigenvalue weighted by Crippen LogP contribution is -2.13. The molecule has 1 amide bonds. The number of aromatic nitrogens is 2. The van der Waals surface area contributed by atoms with Crippen LogP contribution < -0.4 is 15.8 Å². The number of amides is 1. The second kappa shape index (κ2) is 7.29. The highest BCUT2D eigenvalue weighted by molar-refractivity contribution is 7.08. The molecule has 124 valence electrons. The van der Waals surface area contributed by atoms with Gasteiger partial charge in [0.1, 0.15) is 12.4 Å². The molecule has 2 aromatic heterocycles. The van der Waals surface area contributed by atoms with E-state index in [0.29, 0.717) is 30.2 Å². The van der Waals surface area contributed by atoms with Gasteiger partial charge in [0.15, 0.2) is 0 Å². The molecule has 0 fully saturated rings. The summed E-state index contributed by atoms with van der Waals surface area (Å²) in [5.41, 5.74) is 8.62. The molecule has 3 aromatic rings. The molecule has 24 heavy (non-hydrogen) atoms. The normalized spacial score (nSPS) is 10.6. The van der Waals surface area contributed by atoms with Crippen molar-refractivity contribution in [2.24, 2.45) is 12.8 Å². The lowest BCUT2D eigenvalue weighted by Gasteiger charge is -2.13. The van der Waals surface area contributed by atoms with Crippen molar-refractivity contribution in [3.63, 3.8) is 0 Å². The van der Waals surface area contributed by atoms with Gasteiger partial charge in [-0.3, -0.25) is 9.48 Å². The monoisotopic (exact) mass is 342 g/mol. The van der Waals surface area contributed by atoms with E-state index < -0.39 is 0 Å². The molecular formula is C17H18N4O2S. The maximum absolute atomic E-state index is 12.2. The highest BCUT2D eigenvalue weighted by Crippen LogP contribution is 2.32. The zero-order chi connectivity index (χ0) is 16.9. The first-order valence-electron chi connectivity index (χ1n) is 7.48. The average molecular weight is 342 g/mol. The number of hydrogen-bond acceptors (Lipinski definition) is 5. The molecule has 0 atom stereocenters. The number of nitrogens with one attached hydrogen (secondary N) is 1. The van der Waals surface area contributed by atoms with Gasteiger partial charge in [-0.1, -0.05) is 0 Å². The fourth-order valence-electron chi connectivity index (χ4n) is 2.34. The van der Waals surface area contributed by atoms with E-state index in [2.05, 4.69) is 10.4 Å². The Morgan fingerprint density at radius 2 is 2.25 bits per heavy atom. The van der Waals surface area contributed by atoms with E-state index in [9.17, 15) is 4.79 Å². The van der Waals surface area contributed by atoms with Crippen LogP contribution in [0.2, 0.25) is 0 Å². The van der Waals surface area contributed by atoms with Crippen LogP contribution in [0.3, 0.4) is 0 Å². The van der Waals surface area contributed by atoms with Crippen LogP contribution in [0.15, 0.2) is 47.3 Å². The lowest BCUT2D eigenvalue weighted by molar-refractivity contribution is 0.102. The molecule has 3 N–H and O–H groups in total. The van der Waals surface area contributed by atoms with E-state index in [0.717, 1.165) is 11.3 Å². The summed E-state index contributed by atoms with van der Waals surface area (Å²) in [5, 5.41) is 10.8. The number of benzene rings is 1. The summed E-state index contributed by atoms with van der Waals surface area (Å²) >= 11 is 1.49. The topological polar surface area (TPSA) is 82.2 Å². The maximum Gasteiger partial charge on any atom is 0.256 e. The van der Waals surface area contributed by atoms with E-state index >= 15 is 0 Å². The molecule has 0 aliphatic carbocycles. The number of thiophene rings is 1. The van der Waals surface area contributed by atoms with E-state index in [1.165, 1.54) is 11.3 Å². The van der Waals surface area contributed by atoms with Crippen LogP contribution >= 0.6 is 11.3 Å². The Balaban J connectivity index is 1.92. The highest BCUT2D eigenvalue weighted by Gasteiger charge is 2.13. The van der Waals surface area contributed by atoms with Crippen LogP contribution in [-0.2, 0) is 7.05 Å². The number of carbonyl (C=O) groups excluding carboxylic acids is 1. The summed E-state index contributed by atoms with van der Waals surface area (Å²) in [6.07, 6.45) is 1.72. The number of ether oxygens (including phenoxy) is 1. The van der Waals surface area contributed by atoms with Gasteiger partial charge < -0.3 is 15.8 Å². The third kappa shape index (κ3) is 3.47.